The fourth-order valence-electron chi connectivity index (χ4n) is 1.27. The van der Waals surface area contributed by atoms with Gasteiger partial charge in [-0.3, -0.25) is 4.79 Å². The first-order valence-electron chi connectivity index (χ1n) is 4.79. The van der Waals surface area contributed by atoms with Gasteiger partial charge >= 0.3 is 5.97 Å². The number of rotatable bonds is 4. The molecule has 0 aliphatic carbocycles. The van der Waals surface area contributed by atoms with Crippen LogP contribution in [-0.4, -0.2) is 17.0 Å². The lowest BCUT2D eigenvalue weighted by Gasteiger charge is -2.07. The van der Waals surface area contributed by atoms with E-state index in [1.165, 1.54) is 18.2 Å². The molecule has 0 bridgehead atoms. The van der Waals surface area contributed by atoms with E-state index in [4.69, 9.17) is 5.11 Å². The lowest BCUT2D eigenvalue weighted by atomic mass is 10.1. The van der Waals surface area contributed by atoms with Crippen LogP contribution in [0.25, 0.3) is 0 Å². The van der Waals surface area contributed by atoms with Crippen molar-refractivity contribution in [1.29, 1.82) is 0 Å². The molecule has 0 saturated heterocycles. The average molecular weight is 219 g/mol. The van der Waals surface area contributed by atoms with Crippen LogP contribution in [0, 0.1) is 6.92 Å². The van der Waals surface area contributed by atoms with Crippen molar-refractivity contribution in [3.8, 4) is 0 Å². The predicted molar refractivity (Wildman–Crippen MR) is 61.6 cm³/mol. The van der Waals surface area contributed by atoms with Gasteiger partial charge in [0.1, 0.15) is 0 Å². The molecule has 0 unspecified atom stereocenters. The molecule has 16 heavy (non-hydrogen) atoms. The van der Waals surface area contributed by atoms with Crippen LogP contribution in [0.15, 0.2) is 30.9 Å². The van der Waals surface area contributed by atoms with Gasteiger partial charge in [0.05, 0.1) is 5.56 Å². The number of hydrogen-bond donors (Lipinski definition) is 2. The highest BCUT2D eigenvalue weighted by atomic mass is 16.4. The van der Waals surface area contributed by atoms with Gasteiger partial charge in [-0.2, -0.15) is 0 Å². The molecule has 0 spiro atoms. The first kappa shape index (κ1) is 12.0. The number of carboxylic acids is 1. The molecule has 0 atom stereocenters. The molecule has 1 rings (SSSR count). The minimum Gasteiger partial charge on any atom is -0.478 e. The monoisotopic (exact) mass is 219 g/mol. The summed E-state index contributed by atoms with van der Waals surface area (Å²) in [5, 5.41) is 11.4. The van der Waals surface area contributed by atoms with Crippen molar-refractivity contribution in [3.63, 3.8) is 0 Å². The molecule has 0 fully saturated rings. The van der Waals surface area contributed by atoms with Crippen molar-refractivity contribution in [2.75, 3.05) is 5.32 Å². The van der Waals surface area contributed by atoms with E-state index in [-0.39, 0.29) is 17.9 Å². The molecule has 1 aromatic rings. The van der Waals surface area contributed by atoms with Gasteiger partial charge in [-0.1, -0.05) is 6.08 Å². The number of carboxylic acid groups (broad SMARTS) is 1. The molecule has 0 aliphatic rings. The maximum Gasteiger partial charge on any atom is 0.335 e. The highest BCUT2D eigenvalue weighted by Crippen LogP contribution is 2.16. The van der Waals surface area contributed by atoms with Crippen molar-refractivity contribution >= 4 is 17.6 Å². The number of benzene rings is 1. The Hall–Kier alpha value is -2.10. The smallest absolute Gasteiger partial charge is 0.335 e. The van der Waals surface area contributed by atoms with Crippen molar-refractivity contribution in [2.45, 2.75) is 13.3 Å². The summed E-state index contributed by atoms with van der Waals surface area (Å²) in [6.45, 7) is 5.21. The Morgan fingerprint density at radius 3 is 2.69 bits per heavy atom. The number of anilines is 1. The van der Waals surface area contributed by atoms with Crippen molar-refractivity contribution in [1.82, 2.24) is 0 Å². The molecule has 1 aromatic carbocycles. The lowest BCUT2D eigenvalue weighted by molar-refractivity contribution is -0.115. The summed E-state index contributed by atoms with van der Waals surface area (Å²) in [5.41, 5.74) is 1.55. The van der Waals surface area contributed by atoms with E-state index in [0.29, 0.717) is 5.69 Å². The molecular formula is C12H13NO3. The van der Waals surface area contributed by atoms with Gasteiger partial charge < -0.3 is 10.4 Å². The largest absolute Gasteiger partial charge is 0.478 e. The third-order valence-electron chi connectivity index (χ3n) is 2.08. The third-order valence-corrected chi connectivity index (χ3v) is 2.08. The SMILES string of the molecule is C=CCC(=O)Nc1ccc(C(=O)O)cc1C. The molecule has 0 aromatic heterocycles. The number of aryl methyl sites for hydroxylation is 1. The van der Waals surface area contributed by atoms with Gasteiger partial charge in [0.25, 0.3) is 0 Å². The van der Waals surface area contributed by atoms with Crippen LogP contribution < -0.4 is 5.32 Å². The Morgan fingerprint density at radius 2 is 2.19 bits per heavy atom. The molecule has 1 amide bonds. The van der Waals surface area contributed by atoms with E-state index in [2.05, 4.69) is 11.9 Å². The summed E-state index contributed by atoms with van der Waals surface area (Å²) in [6, 6.07) is 4.56. The van der Waals surface area contributed by atoms with Crippen molar-refractivity contribution < 1.29 is 14.7 Å². The van der Waals surface area contributed by atoms with Crippen LogP contribution in [-0.2, 0) is 4.79 Å². The molecule has 4 nitrogen and oxygen atoms in total. The zero-order chi connectivity index (χ0) is 12.1. The summed E-state index contributed by atoms with van der Waals surface area (Å²) in [4.78, 5) is 22.0. The molecule has 0 aliphatic heterocycles. The van der Waals surface area contributed by atoms with E-state index in [1.54, 1.807) is 13.0 Å². The first-order chi connectivity index (χ1) is 7.54. The van der Waals surface area contributed by atoms with Crippen LogP contribution in [0.1, 0.15) is 22.3 Å². The quantitative estimate of drug-likeness (QED) is 0.763. The van der Waals surface area contributed by atoms with E-state index in [1.807, 2.05) is 0 Å². The van der Waals surface area contributed by atoms with Crippen molar-refractivity contribution in [2.24, 2.45) is 0 Å². The van der Waals surface area contributed by atoms with Gasteiger partial charge in [0.15, 0.2) is 0 Å². The number of amides is 1. The number of aromatic carboxylic acids is 1. The second-order valence-electron chi connectivity index (χ2n) is 3.38. The van der Waals surface area contributed by atoms with E-state index < -0.39 is 5.97 Å². The van der Waals surface area contributed by atoms with E-state index in [0.717, 1.165) is 5.56 Å². The molecule has 4 heteroatoms. The maximum atomic E-state index is 11.3. The predicted octanol–water partition coefficient (Wildman–Crippen LogP) is 2.21. The Kier molecular flexibility index (Phi) is 3.83. The van der Waals surface area contributed by atoms with Gasteiger partial charge in [-0.15, -0.1) is 6.58 Å². The van der Waals surface area contributed by atoms with Crippen LogP contribution in [0.4, 0.5) is 5.69 Å². The van der Waals surface area contributed by atoms with Gasteiger partial charge in [0, 0.05) is 12.1 Å². The summed E-state index contributed by atoms with van der Waals surface area (Å²) < 4.78 is 0. The molecule has 84 valence electrons. The topological polar surface area (TPSA) is 66.4 Å². The minimum absolute atomic E-state index is 0.166. The van der Waals surface area contributed by atoms with Crippen LogP contribution in [0.3, 0.4) is 0 Å². The van der Waals surface area contributed by atoms with Crippen molar-refractivity contribution in [3.05, 3.63) is 42.0 Å². The Morgan fingerprint density at radius 1 is 1.50 bits per heavy atom. The fourth-order valence-corrected chi connectivity index (χ4v) is 1.27. The zero-order valence-electron chi connectivity index (χ0n) is 8.99. The average Bonchev–Trinajstić information content (AvgIpc) is 2.21. The molecule has 0 heterocycles. The van der Waals surface area contributed by atoms with Gasteiger partial charge in [0.2, 0.25) is 5.91 Å². The second kappa shape index (κ2) is 5.11. The standard InChI is InChI=1S/C12H13NO3/c1-3-4-11(14)13-10-6-5-9(12(15)16)7-8(10)2/h3,5-7H,1,4H2,2H3,(H,13,14)(H,15,16). The summed E-state index contributed by atoms with van der Waals surface area (Å²) in [6.07, 6.45) is 1.75. The molecule has 2 N–H and O–H groups in total. The first-order valence-corrected chi connectivity index (χ1v) is 4.79. The number of nitrogens with one attached hydrogen (secondary N) is 1. The number of hydrogen-bond acceptors (Lipinski definition) is 2. The summed E-state index contributed by atoms with van der Waals surface area (Å²) in [7, 11) is 0. The van der Waals surface area contributed by atoms with Gasteiger partial charge in [-0.25, -0.2) is 4.79 Å². The number of carbonyl (C=O) groups is 2. The summed E-state index contributed by atoms with van der Waals surface area (Å²) >= 11 is 0. The minimum atomic E-state index is -0.980. The Labute approximate surface area is 93.6 Å². The third kappa shape index (κ3) is 2.95. The summed E-state index contributed by atoms with van der Waals surface area (Å²) in [5.74, 6) is -1.15. The van der Waals surface area contributed by atoms with Crippen LogP contribution in [0.5, 0.6) is 0 Å². The number of carbonyl (C=O) groups excluding carboxylic acids is 1. The highest BCUT2D eigenvalue weighted by molar-refractivity contribution is 5.94. The second-order valence-corrected chi connectivity index (χ2v) is 3.38. The van der Waals surface area contributed by atoms with Crippen LogP contribution >= 0.6 is 0 Å². The molecule has 0 saturated carbocycles. The van der Waals surface area contributed by atoms with E-state index in [9.17, 15) is 9.59 Å². The normalized spacial score (nSPS) is 9.56. The Balaban J connectivity index is 2.87. The van der Waals surface area contributed by atoms with Gasteiger partial charge in [-0.05, 0) is 30.7 Å². The lowest BCUT2D eigenvalue weighted by Crippen LogP contribution is -2.11. The molecular weight excluding hydrogens is 206 g/mol. The Bertz CT molecular complexity index is 438. The highest BCUT2D eigenvalue weighted by Gasteiger charge is 2.07. The maximum absolute atomic E-state index is 11.3. The van der Waals surface area contributed by atoms with Crippen LogP contribution in [0.2, 0.25) is 0 Å². The fraction of sp³-hybridized carbons (Fsp3) is 0.167. The zero-order valence-corrected chi connectivity index (χ0v) is 8.99. The molecule has 0 radical (unpaired) electrons. The van der Waals surface area contributed by atoms with E-state index >= 15 is 0 Å².